The first-order chi connectivity index (χ1) is 3.81. The largest absolute Gasteiger partial charge is 0.324 e. The smallest absolute Gasteiger partial charge is 0.0334 e. The average molecular weight is 109 g/mol. The van der Waals surface area contributed by atoms with Gasteiger partial charge in [-0.3, -0.25) is 0 Å². The molecule has 0 amide bonds. The van der Waals surface area contributed by atoms with E-state index in [9.17, 15) is 0 Å². The third-order valence-corrected chi connectivity index (χ3v) is 0.771. The average Bonchev–Trinajstić information content (AvgIpc) is 1.68. The zero-order valence-electron chi connectivity index (χ0n) is 4.93. The molecule has 0 unspecified atom stereocenters. The summed E-state index contributed by atoms with van der Waals surface area (Å²) in [6.45, 7) is 6.92. The van der Waals surface area contributed by atoms with Crippen LogP contribution in [0.2, 0.25) is 0 Å². The summed E-state index contributed by atoms with van der Waals surface area (Å²) in [6.07, 6.45) is 4.29. The van der Waals surface area contributed by atoms with Crippen LogP contribution in [0.3, 0.4) is 0 Å². The quantitative estimate of drug-likeness (QED) is 0.428. The first-order valence-corrected chi connectivity index (χ1v) is 2.53. The third-order valence-electron chi connectivity index (χ3n) is 0.771. The molecule has 0 saturated heterocycles. The van der Waals surface area contributed by atoms with Crippen LogP contribution in [0, 0.1) is 0 Å². The van der Waals surface area contributed by atoms with Crippen LogP contribution in [0.4, 0.5) is 0 Å². The standard InChI is InChI=1S/C7H11N/c1-3-5-7(8)6-4-2/h3,6-7H,1-2,5,8H2/t7-/m0/s1. The highest BCUT2D eigenvalue weighted by Gasteiger charge is 1.88. The Bertz CT molecular complexity index is 110. The minimum atomic E-state index is 0.0463. The fourth-order valence-electron chi connectivity index (χ4n) is 0.412. The van der Waals surface area contributed by atoms with Crippen LogP contribution in [-0.2, 0) is 0 Å². The maximum atomic E-state index is 5.47. The van der Waals surface area contributed by atoms with Gasteiger partial charge in [-0.2, -0.15) is 0 Å². The molecule has 0 fully saturated rings. The van der Waals surface area contributed by atoms with Crippen molar-refractivity contribution in [3.05, 3.63) is 31.0 Å². The van der Waals surface area contributed by atoms with E-state index < -0.39 is 0 Å². The van der Waals surface area contributed by atoms with Gasteiger partial charge in [0.15, 0.2) is 0 Å². The number of hydrogen-bond donors (Lipinski definition) is 1. The molecule has 0 aromatic heterocycles. The molecule has 0 aliphatic rings. The molecular formula is C7H11N. The Labute approximate surface area is 50.2 Å². The van der Waals surface area contributed by atoms with Crippen LogP contribution in [0.1, 0.15) is 6.42 Å². The van der Waals surface area contributed by atoms with Gasteiger partial charge in [0, 0.05) is 6.04 Å². The maximum Gasteiger partial charge on any atom is 0.0334 e. The van der Waals surface area contributed by atoms with Crippen LogP contribution < -0.4 is 5.73 Å². The maximum absolute atomic E-state index is 5.47. The summed E-state index contributed by atoms with van der Waals surface area (Å²) in [7, 11) is 0. The molecule has 0 aromatic rings. The fraction of sp³-hybridized carbons (Fsp3) is 0.286. The van der Waals surface area contributed by atoms with Gasteiger partial charge in [-0.15, -0.1) is 12.3 Å². The lowest BCUT2D eigenvalue weighted by Gasteiger charge is -1.96. The van der Waals surface area contributed by atoms with Gasteiger partial charge >= 0.3 is 0 Å². The van der Waals surface area contributed by atoms with E-state index in [1.165, 1.54) is 0 Å². The van der Waals surface area contributed by atoms with Crippen LogP contribution >= 0.6 is 0 Å². The summed E-state index contributed by atoms with van der Waals surface area (Å²) in [5, 5.41) is 0. The lowest BCUT2D eigenvalue weighted by Crippen LogP contribution is -2.14. The van der Waals surface area contributed by atoms with Crippen molar-refractivity contribution in [2.75, 3.05) is 0 Å². The topological polar surface area (TPSA) is 26.0 Å². The van der Waals surface area contributed by atoms with E-state index in [2.05, 4.69) is 18.9 Å². The Hall–Kier alpha value is -0.780. The van der Waals surface area contributed by atoms with Crippen molar-refractivity contribution in [2.24, 2.45) is 5.73 Å². The zero-order chi connectivity index (χ0) is 6.41. The second kappa shape index (κ2) is 4.38. The van der Waals surface area contributed by atoms with Crippen LogP contribution in [0.15, 0.2) is 31.0 Å². The second-order valence-electron chi connectivity index (χ2n) is 1.56. The Morgan fingerprint density at radius 2 is 2.38 bits per heavy atom. The van der Waals surface area contributed by atoms with E-state index >= 15 is 0 Å². The molecule has 0 aliphatic carbocycles. The molecule has 44 valence electrons. The lowest BCUT2D eigenvalue weighted by molar-refractivity contribution is 0.837. The van der Waals surface area contributed by atoms with E-state index in [1.807, 2.05) is 0 Å². The molecule has 0 radical (unpaired) electrons. The third kappa shape index (κ3) is 3.41. The minimum Gasteiger partial charge on any atom is -0.324 e. The van der Waals surface area contributed by atoms with E-state index in [0.29, 0.717) is 0 Å². The van der Waals surface area contributed by atoms with Gasteiger partial charge < -0.3 is 5.73 Å². The van der Waals surface area contributed by atoms with Crippen molar-refractivity contribution >= 4 is 0 Å². The molecule has 8 heavy (non-hydrogen) atoms. The Kier molecular flexibility index (Phi) is 3.95. The zero-order valence-corrected chi connectivity index (χ0v) is 4.93. The number of hydrogen-bond acceptors (Lipinski definition) is 1. The number of nitrogens with two attached hydrogens (primary N) is 1. The van der Waals surface area contributed by atoms with Crippen molar-refractivity contribution in [3.63, 3.8) is 0 Å². The molecule has 0 spiro atoms. The first-order valence-electron chi connectivity index (χ1n) is 2.53. The van der Waals surface area contributed by atoms with E-state index in [0.717, 1.165) is 6.42 Å². The van der Waals surface area contributed by atoms with Crippen molar-refractivity contribution in [1.29, 1.82) is 0 Å². The Morgan fingerprint density at radius 1 is 1.75 bits per heavy atom. The molecule has 0 aliphatic heterocycles. The summed E-state index contributed by atoms with van der Waals surface area (Å²) in [5.74, 6) is 0. The summed E-state index contributed by atoms with van der Waals surface area (Å²) in [4.78, 5) is 0. The Morgan fingerprint density at radius 3 is 2.75 bits per heavy atom. The molecule has 2 N–H and O–H groups in total. The van der Waals surface area contributed by atoms with Crippen LogP contribution in [0.25, 0.3) is 0 Å². The van der Waals surface area contributed by atoms with Gasteiger partial charge in [0.1, 0.15) is 0 Å². The summed E-state index contributed by atoms with van der Waals surface area (Å²) < 4.78 is 0. The van der Waals surface area contributed by atoms with Gasteiger partial charge in [0.05, 0.1) is 0 Å². The van der Waals surface area contributed by atoms with Gasteiger partial charge in [-0.25, -0.2) is 0 Å². The number of rotatable bonds is 3. The predicted molar refractivity (Wildman–Crippen MR) is 36.5 cm³/mol. The van der Waals surface area contributed by atoms with Crippen molar-refractivity contribution < 1.29 is 0 Å². The first kappa shape index (κ1) is 7.22. The summed E-state index contributed by atoms with van der Waals surface area (Å²) in [5.41, 5.74) is 8.07. The molecule has 0 bridgehead atoms. The molecule has 0 rings (SSSR count). The van der Waals surface area contributed by atoms with Gasteiger partial charge in [0.2, 0.25) is 0 Å². The van der Waals surface area contributed by atoms with Gasteiger partial charge in [-0.1, -0.05) is 12.7 Å². The van der Waals surface area contributed by atoms with Crippen molar-refractivity contribution in [2.45, 2.75) is 12.5 Å². The van der Waals surface area contributed by atoms with E-state index in [4.69, 9.17) is 5.73 Å². The lowest BCUT2D eigenvalue weighted by atomic mass is 10.2. The van der Waals surface area contributed by atoms with Gasteiger partial charge in [-0.05, 0) is 12.5 Å². The fourth-order valence-corrected chi connectivity index (χ4v) is 0.412. The molecule has 1 atom stereocenters. The molecule has 1 nitrogen and oxygen atoms in total. The van der Waals surface area contributed by atoms with E-state index in [1.54, 1.807) is 12.2 Å². The van der Waals surface area contributed by atoms with Gasteiger partial charge in [0.25, 0.3) is 0 Å². The molecule has 1 heteroatoms. The molecule has 0 aromatic carbocycles. The minimum absolute atomic E-state index is 0.0463. The molecular weight excluding hydrogens is 98.1 g/mol. The molecule has 0 heterocycles. The van der Waals surface area contributed by atoms with Crippen LogP contribution in [0.5, 0.6) is 0 Å². The van der Waals surface area contributed by atoms with Crippen molar-refractivity contribution in [3.8, 4) is 0 Å². The molecule has 0 saturated carbocycles. The highest BCUT2D eigenvalue weighted by molar-refractivity contribution is 4.91. The monoisotopic (exact) mass is 109 g/mol. The predicted octanol–water partition coefficient (Wildman–Crippen LogP) is 1.23. The highest BCUT2D eigenvalue weighted by atomic mass is 14.6. The van der Waals surface area contributed by atoms with Crippen LogP contribution in [-0.4, -0.2) is 6.04 Å². The SMILES string of the molecule is C=C=C[C@@H](N)CC=C. The van der Waals surface area contributed by atoms with E-state index in [-0.39, 0.29) is 6.04 Å². The highest BCUT2D eigenvalue weighted by Crippen LogP contribution is 1.87. The summed E-state index contributed by atoms with van der Waals surface area (Å²) >= 11 is 0. The Balaban J connectivity index is 3.46. The normalized spacial score (nSPS) is 11.6. The van der Waals surface area contributed by atoms with Crippen molar-refractivity contribution in [1.82, 2.24) is 0 Å². The summed E-state index contributed by atoms with van der Waals surface area (Å²) in [6, 6.07) is 0.0463. The second-order valence-corrected chi connectivity index (χ2v) is 1.56.